The van der Waals surface area contributed by atoms with Gasteiger partial charge in [-0.15, -0.1) is 0 Å². The molecule has 0 saturated carbocycles. The number of rotatable bonds is 2. The fraction of sp³-hybridized carbons (Fsp3) is 0.143. The number of nitrogens with one attached hydrogen (secondary N) is 1. The Kier molecular flexibility index (Phi) is 2.58. The SMILES string of the molecule is c1ccc(C2CC(c3ccccn3)=NN2)cc1. The van der Waals surface area contributed by atoms with Gasteiger partial charge in [0.1, 0.15) is 0 Å². The van der Waals surface area contributed by atoms with E-state index in [2.05, 4.69) is 39.8 Å². The van der Waals surface area contributed by atoms with Crippen LogP contribution >= 0.6 is 0 Å². The maximum atomic E-state index is 4.37. The Morgan fingerprint density at radius 3 is 2.59 bits per heavy atom. The summed E-state index contributed by atoms with van der Waals surface area (Å²) in [5, 5.41) is 4.37. The lowest BCUT2D eigenvalue weighted by atomic mass is 10.0. The lowest BCUT2D eigenvalue weighted by molar-refractivity contribution is 0.620. The molecule has 0 saturated heterocycles. The normalized spacial score (nSPS) is 18.6. The predicted molar refractivity (Wildman–Crippen MR) is 67.7 cm³/mol. The van der Waals surface area contributed by atoms with Crippen LogP contribution in [-0.2, 0) is 0 Å². The number of pyridine rings is 1. The minimum atomic E-state index is 0.271. The molecule has 0 bridgehead atoms. The monoisotopic (exact) mass is 223 g/mol. The third-order valence-electron chi connectivity index (χ3n) is 2.92. The number of hydrazone groups is 1. The van der Waals surface area contributed by atoms with Crippen molar-refractivity contribution in [3.8, 4) is 0 Å². The van der Waals surface area contributed by atoms with Gasteiger partial charge in [-0.1, -0.05) is 36.4 Å². The van der Waals surface area contributed by atoms with E-state index < -0.39 is 0 Å². The fourth-order valence-electron chi connectivity index (χ4n) is 2.01. The van der Waals surface area contributed by atoms with Crippen molar-refractivity contribution < 1.29 is 0 Å². The van der Waals surface area contributed by atoms with Crippen LogP contribution in [0.4, 0.5) is 0 Å². The lowest BCUT2D eigenvalue weighted by Gasteiger charge is -2.09. The van der Waals surface area contributed by atoms with Crippen LogP contribution in [0.2, 0.25) is 0 Å². The highest BCUT2D eigenvalue weighted by Crippen LogP contribution is 2.23. The maximum Gasteiger partial charge on any atom is 0.0883 e. The summed E-state index contributed by atoms with van der Waals surface area (Å²) < 4.78 is 0. The number of nitrogens with zero attached hydrogens (tertiary/aromatic N) is 2. The zero-order valence-corrected chi connectivity index (χ0v) is 9.38. The van der Waals surface area contributed by atoms with Gasteiger partial charge in [0.05, 0.1) is 17.4 Å². The van der Waals surface area contributed by atoms with Crippen LogP contribution in [-0.4, -0.2) is 10.7 Å². The Balaban J connectivity index is 1.78. The number of hydrogen-bond donors (Lipinski definition) is 1. The summed E-state index contributed by atoms with van der Waals surface area (Å²) in [7, 11) is 0. The first-order valence-electron chi connectivity index (χ1n) is 5.72. The molecule has 84 valence electrons. The summed E-state index contributed by atoms with van der Waals surface area (Å²) in [4.78, 5) is 4.32. The van der Waals surface area contributed by atoms with Crippen molar-refractivity contribution in [1.29, 1.82) is 0 Å². The average molecular weight is 223 g/mol. The smallest absolute Gasteiger partial charge is 0.0883 e. The van der Waals surface area contributed by atoms with Crippen LogP contribution in [0.5, 0.6) is 0 Å². The highest BCUT2D eigenvalue weighted by atomic mass is 15.3. The van der Waals surface area contributed by atoms with E-state index in [9.17, 15) is 0 Å². The Morgan fingerprint density at radius 2 is 1.82 bits per heavy atom. The molecule has 0 fully saturated rings. The summed E-state index contributed by atoms with van der Waals surface area (Å²) in [6.07, 6.45) is 2.69. The van der Waals surface area contributed by atoms with Gasteiger partial charge in [0, 0.05) is 12.6 Å². The minimum Gasteiger partial charge on any atom is -0.302 e. The fourth-order valence-corrected chi connectivity index (χ4v) is 2.01. The summed E-state index contributed by atoms with van der Waals surface area (Å²) >= 11 is 0. The van der Waals surface area contributed by atoms with E-state index in [1.807, 2.05) is 24.3 Å². The molecule has 3 nitrogen and oxygen atoms in total. The summed E-state index contributed by atoms with van der Waals surface area (Å²) in [5.74, 6) is 0. The van der Waals surface area contributed by atoms with E-state index in [-0.39, 0.29) is 6.04 Å². The first-order chi connectivity index (χ1) is 8.43. The van der Waals surface area contributed by atoms with E-state index in [1.165, 1.54) is 5.56 Å². The van der Waals surface area contributed by atoms with Gasteiger partial charge in [-0.2, -0.15) is 5.10 Å². The quantitative estimate of drug-likeness (QED) is 0.849. The van der Waals surface area contributed by atoms with E-state index in [0.29, 0.717) is 0 Å². The van der Waals surface area contributed by atoms with E-state index in [1.54, 1.807) is 6.20 Å². The largest absolute Gasteiger partial charge is 0.302 e. The van der Waals surface area contributed by atoms with Crippen LogP contribution < -0.4 is 5.43 Å². The first kappa shape index (κ1) is 10.0. The van der Waals surface area contributed by atoms with E-state index >= 15 is 0 Å². The van der Waals surface area contributed by atoms with Crippen molar-refractivity contribution in [1.82, 2.24) is 10.4 Å². The maximum absolute atomic E-state index is 4.37. The van der Waals surface area contributed by atoms with Crippen LogP contribution in [0.25, 0.3) is 0 Å². The van der Waals surface area contributed by atoms with Gasteiger partial charge in [0.2, 0.25) is 0 Å². The standard InChI is InChI=1S/C14H13N3/c1-2-6-11(7-3-1)13-10-14(17-16-13)12-8-4-5-9-15-12/h1-9,13,16H,10H2. The number of benzene rings is 1. The van der Waals surface area contributed by atoms with Crippen molar-refractivity contribution in [2.75, 3.05) is 0 Å². The molecule has 1 atom stereocenters. The zero-order valence-electron chi connectivity index (χ0n) is 9.38. The topological polar surface area (TPSA) is 37.3 Å². The van der Waals surface area contributed by atoms with Crippen LogP contribution in [0, 0.1) is 0 Å². The molecule has 2 heterocycles. The molecule has 17 heavy (non-hydrogen) atoms. The first-order valence-corrected chi connectivity index (χ1v) is 5.72. The third-order valence-corrected chi connectivity index (χ3v) is 2.92. The molecule has 1 aliphatic heterocycles. The van der Waals surface area contributed by atoms with Gasteiger partial charge in [0.15, 0.2) is 0 Å². The summed E-state index contributed by atoms with van der Waals surface area (Å²) in [6.45, 7) is 0. The van der Waals surface area contributed by atoms with Crippen molar-refractivity contribution in [2.24, 2.45) is 5.10 Å². The molecule has 1 N–H and O–H groups in total. The highest BCUT2D eigenvalue weighted by Gasteiger charge is 2.21. The molecule has 0 radical (unpaired) electrons. The Labute approximate surface area is 100 Å². The number of hydrogen-bond acceptors (Lipinski definition) is 3. The summed E-state index contributed by atoms with van der Waals surface area (Å²) in [6, 6.07) is 16.5. The van der Waals surface area contributed by atoms with Crippen LogP contribution in [0.3, 0.4) is 0 Å². The molecule has 1 unspecified atom stereocenters. The zero-order chi connectivity index (χ0) is 11.5. The Hall–Kier alpha value is -2.16. The van der Waals surface area contributed by atoms with Crippen LogP contribution in [0.1, 0.15) is 23.7 Å². The highest BCUT2D eigenvalue weighted by molar-refractivity contribution is 6.00. The van der Waals surface area contributed by atoms with E-state index in [0.717, 1.165) is 17.8 Å². The molecule has 3 heteroatoms. The second-order valence-corrected chi connectivity index (χ2v) is 4.07. The molecule has 1 aromatic heterocycles. The molecule has 3 rings (SSSR count). The molecular formula is C14H13N3. The van der Waals surface area contributed by atoms with Gasteiger partial charge >= 0.3 is 0 Å². The van der Waals surface area contributed by atoms with Gasteiger partial charge in [0.25, 0.3) is 0 Å². The molecule has 0 spiro atoms. The van der Waals surface area contributed by atoms with Gasteiger partial charge in [-0.05, 0) is 17.7 Å². The number of aromatic nitrogens is 1. The molecule has 0 aliphatic carbocycles. The van der Waals surface area contributed by atoms with Crippen molar-refractivity contribution in [3.05, 3.63) is 66.0 Å². The second-order valence-electron chi connectivity index (χ2n) is 4.07. The molecule has 0 amide bonds. The van der Waals surface area contributed by atoms with Crippen molar-refractivity contribution in [2.45, 2.75) is 12.5 Å². The molecule has 1 aromatic carbocycles. The Morgan fingerprint density at radius 1 is 1.00 bits per heavy atom. The molecule has 2 aromatic rings. The second kappa shape index (κ2) is 4.37. The third kappa shape index (κ3) is 2.04. The van der Waals surface area contributed by atoms with Gasteiger partial charge in [-0.25, -0.2) is 0 Å². The minimum absolute atomic E-state index is 0.271. The molecule has 1 aliphatic rings. The van der Waals surface area contributed by atoms with Crippen molar-refractivity contribution in [3.63, 3.8) is 0 Å². The van der Waals surface area contributed by atoms with Crippen LogP contribution in [0.15, 0.2) is 59.8 Å². The average Bonchev–Trinajstić information content (AvgIpc) is 2.90. The van der Waals surface area contributed by atoms with Crippen molar-refractivity contribution >= 4 is 5.71 Å². The van der Waals surface area contributed by atoms with E-state index in [4.69, 9.17) is 0 Å². The molecular weight excluding hydrogens is 210 g/mol. The van der Waals surface area contributed by atoms with Gasteiger partial charge < -0.3 is 5.43 Å². The predicted octanol–water partition coefficient (Wildman–Crippen LogP) is 2.52. The summed E-state index contributed by atoms with van der Waals surface area (Å²) in [5.41, 5.74) is 6.42. The lowest BCUT2D eigenvalue weighted by Crippen LogP contribution is -2.09. The van der Waals surface area contributed by atoms with Gasteiger partial charge in [-0.3, -0.25) is 4.98 Å². The Bertz CT molecular complexity index is 520.